The Morgan fingerprint density at radius 2 is 0.729 bits per heavy atom. The third kappa shape index (κ3) is 20.3. The summed E-state index contributed by atoms with van der Waals surface area (Å²) in [5.41, 5.74) is -0.735. The van der Waals surface area contributed by atoms with Crippen LogP contribution in [0.15, 0.2) is 133 Å². The van der Waals surface area contributed by atoms with E-state index in [1.807, 2.05) is 60.7 Å². The topological polar surface area (TPSA) is 447 Å². The van der Waals surface area contributed by atoms with Gasteiger partial charge in [-0.3, -0.25) is 38.4 Å². The molecule has 0 aliphatic carbocycles. The van der Waals surface area contributed by atoms with Crippen LogP contribution in [0.2, 0.25) is 0 Å². The highest BCUT2D eigenvalue weighted by Gasteiger charge is 2.57. The van der Waals surface area contributed by atoms with Crippen molar-refractivity contribution in [1.82, 2.24) is 42.5 Å². The summed E-state index contributed by atoms with van der Waals surface area (Å²) in [5, 5.41) is 108. The van der Waals surface area contributed by atoms with Gasteiger partial charge < -0.3 is 92.9 Å². The molecular weight excluding hydrogens is 1250 g/mol. The molecule has 7 rings (SSSR count). The Labute approximate surface area is 552 Å². The number of aliphatic hydroxyl groups excluding tert-OH is 6. The lowest BCUT2D eigenvalue weighted by Crippen LogP contribution is -2.71. The van der Waals surface area contributed by atoms with Crippen LogP contribution in [0.3, 0.4) is 0 Å². The van der Waals surface area contributed by atoms with Crippen molar-refractivity contribution in [3.8, 4) is 22.3 Å². The second-order valence-corrected chi connectivity index (χ2v) is 23.7. The Kier molecular flexibility index (Phi) is 26.8. The number of benzene rings is 5. The molecule has 8 amide bonds. The Morgan fingerprint density at radius 3 is 1.04 bits per heavy atom. The molecule has 5 aromatic rings. The third-order valence-electron chi connectivity index (χ3n) is 16.4. The molecule has 5 aromatic carbocycles. The van der Waals surface area contributed by atoms with Crippen LogP contribution in [0.25, 0.3) is 22.3 Å². The molecule has 0 saturated carbocycles. The lowest BCUT2D eigenvalue weighted by Gasteiger charge is -2.47. The van der Waals surface area contributed by atoms with Crippen molar-refractivity contribution < 1.29 is 98.3 Å². The van der Waals surface area contributed by atoms with Gasteiger partial charge in [0.2, 0.25) is 35.1 Å². The van der Waals surface area contributed by atoms with Crippen LogP contribution in [0.4, 0.5) is 0 Å². The average molecular weight is 1330 g/mol. The van der Waals surface area contributed by atoms with E-state index in [9.17, 15) is 88.8 Å². The molecule has 2 aliphatic rings. The second kappa shape index (κ2) is 34.8. The predicted molar refractivity (Wildman–Crippen MR) is 344 cm³/mol. The van der Waals surface area contributed by atoms with Crippen LogP contribution < -0.4 is 42.5 Å². The fraction of sp³-hybridized carbons (Fsp3) is 0.412. The van der Waals surface area contributed by atoms with E-state index in [2.05, 4.69) is 42.5 Å². The first-order chi connectivity index (χ1) is 45.8. The number of nitrogens with one attached hydrogen (secondary N) is 8. The largest absolute Gasteiger partial charge is 0.478 e. The monoisotopic (exact) mass is 1330 g/mol. The number of carbonyl (C=O) groups is 10. The van der Waals surface area contributed by atoms with Gasteiger partial charge in [-0.25, -0.2) is 9.59 Å². The minimum Gasteiger partial charge on any atom is -0.478 e. The lowest BCUT2D eigenvalue weighted by molar-refractivity contribution is -0.235. The molecule has 28 heteroatoms. The van der Waals surface area contributed by atoms with Gasteiger partial charge in [-0.15, -0.1) is 0 Å². The molecule has 2 saturated heterocycles. The maximum atomic E-state index is 13.2. The van der Waals surface area contributed by atoms with Gasteiger partial charge >= 0.3 is 11.9 Å². The van der Waals surface area contributed by atoms with Gasteiger partial charge in [0.15, 0.2) is 0 Å². The first-order valence-corrected chi connectivity index (χ1v) is 31.4. The molecular formula is C68H82N8O20. The van der Waals surface area contributed by atoms with Crippen LogP contribution in [0, 0.1) is 0 Å². The van der Waals surface area contributed by atoms with Crippen molar-refractivity contribution in [2.24, 2.45) is 0 Å². The molecule has 0 bridgehead atoms. The summed E-state index contributed by atoms with van der Waals surface area (Å²) in [4.78, 5) is 128. The van der Waals surface area contributed by atoms with Crippen molar-refractivity contribution in [3.05, 3.63) is 156 Å². The predicted octanol–water partition coefficient (Wildman–Crippen LogP) is 1.01. The number of hydrogen-bond donors (Lipinski definition) is 16. The first-order valence-electron chi connectivity index (χ1n) is 31.4. The molecule has 12 atom stereocenters. The number of aliphatic hydroxyl groups is 6. The molecule has 0 spiro atoms. The number of hydrogen-bond acceptors (Lipinski definition) is 18. The van der Waals surface area contributed by atoms with E-state index in [0.717, 1.165) is 36.1 Å². The molecule has 0 unspecified atom stereocenters. The van der Waals surface area contributed by atoms with Crippen LogP contribution in [-0.2, 0) is 38.2 Å². The van der Waals surface area contributed by atoms with Crippen LogP contribution in [0.1, 0.15) is 119 Å². The SMILES string of the molecule is CC(=O)N[C@H]1[C@H]([C@H](O)[C@H](O)CNC(=O)c2ccc(-c3ccccc3)cc2)O[C@@](NC(=O)CCCCCNC(=O)c2ccc(C(=O)NCCCCCC(=O)N[C@]3(C(=O)O)C[C@H](O)[C@@H](NC(C)=O)[C@H]([C@H](O)[C@H](O)CNC(=O)c4ccc(-c5ccccc5)cc4)O3)cc2)(C(=O)O)C[C@@H]1O. The molecule has 2 aliphatic heterocycles. The number of carboxylic acid groups (broad SMARTS) is 2. The number of amides is 8. The van der Waals surface area contributed by atoms with Crippen LogP contribution >= 0.6 is 0 Å². The van der Waals surface area contributed by atoms with Crippen LogP contribution in [-0.4, -0.2) is 199 Å². The fourth-order valence-corrected chi connectivity index (χ4v) is 11.2. The zero-order valence-electron chi connectivity index (χ0n) is 52.9. The van der Waals surface area contributed by atoms with Crippen molar-refractivity contribution in [1.29, 1.82) is 0 Å². The molecule has 28 nitrogen and oxygen atoms in total. The first kappa shape index (κ1) is 73.9. The maximum Gasteiger partial charge on any atom is 0.357 e. The van der Waals surface area contributed by atoms with Gasteiger partial charge in [-0.05, 0) is 96.5 Å². The van der Waals surface area contributed by atoms with E-state index in [-0.39, 0.29) is 61.0 Å². The number of unbranched alkanes of at least 4 members (excludes halogenated alkanes) is 4. The third-order valence-corrected chi connectivity index (χ3v) is 16.4. The Hall–Kier alpha value is -9.52. The summed E-state index contributed by atoms with van der Waals surface area (Å²) in [7, 11) is 0. The maximum absolute atomic E-state index is 13.2. The van der Waals surface area contributed by atoms with Crippen LogP contribution in [0.5, 0.6) is 0 Å². The second-order valence-electron chi connectivity index (χ2n) is 23.7. The number of ether oxygens (including phenoxy) is 2. The highest BCUT2D eigenvalue weighted by molar-refractivity contribution is 5.98. The van der Waals surface area contributed by atoms with E-state index in [1.165, 1.54) is 24.3 Å². The zero-order chi connectivity index (χ0) is 69.7. The molecule has 96 heavy (non-hydrogen) atoms. The summed E-state index contributed by atoms with van der Waals surface area (Å²) < 4.78 is 11.6. The van der Waals surface area contributed by atoms with Gasteiger partial charge in [0.1, 0.15) is 24.4 Å². The average Bonchev–Trinajstić information content (AvgIpc) is 0.773. The quantitative estimate of drug-likeness (QED) is 0.0267. The molecule has 2 heterocycles. The summed E-state index contributed by atoms with van der Waals surface area (Å²) >= 11 is 0. The van der Waals surface area contributed by atoms with Crippen molar-refractivity contribution in [3.63, 3.8) is 0 Å². The minimum atomic E-state index is -2.62. The minimum absolute atomic E-state index is 0.177. The smallest absolute Gasteiger partial charge is 0.357 e. The van der Waals surface area contributed by atoms with Gasteiger partial charge in [-0.1, -0.05) is 97.8 Å². The van der Waals surface area contributed by atoms with E-state index in [4.69, 9.17) is 9.47 Å². The fourth-order valence-electron chi connectivity index (χ4n) is 11.2. The number of aliphatic carboxylic acids is 2. The Bertz CT molecular complexity index is 3270. The van der Waals surface area contributed by atoms with Gasteiger partial charge in [0.25, 0.3) is 23.6 Å². The van der Waals surface area contributed by atoms with Crippen molar-refractivity contribution >= 4 is 59.2 Å². The summed E-state index contributed by atoms with van der Waals surface area (Å²) in [5.74, 6) is -8.59. The number of carboxylic acids is 2. The highest BCUT2D eigenvalue weighted by atomic mass is 16.6. The van der Waals surface area contributed by atoms with E-state index < -0.39 is 157 Å². The number of rotatable bonds is 32. The van der Waals surface area contributed by atoms with E-state index >= 15 is 0 Å². The van der Waals surface area contributed by atoms with E-state index in [0.29, 0.717) is 25.7 Å². The van der Waals surface area contributed by atoms with Crippen molar-refractivity contribution in [2.75, 3.05) is 26.2 Å². The molecule has 16 N–H and O–H groups in total. The summed E-state index contributed by atoms with van der Waals surface area (Å²) in [6.07, 6.45) is -14.7. The molecule has 0 radical (unpaired) electrons. The lowest BCUT2D eigenvalue weighted by atomic mass is 9.87. The Morgan fingerprint density at radius 1 is 0.427 bits per heavy atom. The summed E-state index contributed by atoms with van der Waals surface area (Å²) in [6, 6.07) is 34.9. The molecule has 0 aromatic heterocycles. The van der Waals surface area contributed by atoms with Gasteiger partial charge in [-0.2, -0.15) is 0 Å². The molecule has 514 valence electrons. The normalized spacial score (nSPS) is 21.9. The highest BCUT2D eigenvalue weighted by Crippen LogP contribution is 2.33. The molecule has 2 fully saturated rings. The number of carbonyl (C=O) groups excluding carboxylic acids is 8. The summed E-state index contributed by atoms with van der Waals surface area (Å²) in [6.45, 7) is 1.45. The van der Waals surface area contributed by atoms with Crippen molar-refractivity contribution in [2.45, 2.75) is 150 Å². The van der Waals surface area contributed by atoms with E-state index in [1.54, 1.807) is 48.5 Å². The van der Waals surface area contributed by atoms with Gasteiger partial charge in [0.05, 0.1) is 36.5 Å². The standard InChI is InChI=1S/C68H82N8O20/c1-39(77)73-55-49(79)35-67(65(91)92,95-59(55)57(85)51(81)37-71-63(89)47-25-21-43(22-26-47)41-15-7-3-8-16-41)75-53(83)19-11-5-13-33-69-61(87)45-29-31-46(32-30-45)62(88)70-34-14-6-12-20-54(84)76-68(66(93)94)36-50(80)56(74-40(2)78)60(96-68)58(86)52(82)38-72-64(90)48-27-23-44(24-28-48)42-17-9-4-10-18-42/h3-4,7-10,15-18,21-32,49-52,55-60,79-82,85-86H,5-6,11-14,19-20,33-38H2,1-2H3,(H,69,87)(H,70,88)(H,71,89)(H,72,90)(H,73,77)(H,74,78)(H,75,83)(H,76,84)(H,91,92)(H,93,94)/t49-,50-,51+,52+,55+,56+,57+,58+,59+,60+,67+,68+/m0/s1. The zero-order valence-corrected chi connectivity index (χ0v) is 52.9. The Balaban J connectivity index is 0.793. The van der Waals surface area contributed by atoms with Gasteiger partial charge in [0, 0.05) is 88.0 Å².